The summed E-state index contributed by atoms with van der Waals surface area (Å²) < 4.78 is 4.54. The van der Waals surface area contributed by atoms with Gasteiger partial charge in [-0.15, -0.1) is 0 Å². The highest BCUT2D eigenvalue weighted by Crippen LogP contribution is 2.41. The van der Waals surface area contributed by atoms with Crippen molar-refractivity contribution < 1.29 is 0 Å². The minimum Gasteiger partial charge on any atom is -0.307 e. The van der Waals surface area contributed by atoms with Crippen molar-refractivity contribution >= 4 is 43.6 Å². The Labute approximate surface area is 229 Å². The van der Waals surface area contributed by atoms with E-state index in [0.29, 0.717) is 5.56 Å². The van der Waals surface area contributed by atoms with Crippen molar-refractivity contribution in [3.8, 4) is 28.6 Å². The van der Waals surface area contributed by atoms with Crippen molar-refractivity contribution in [2.75, 3.05) is 0 Å². The molecule has 8 rings (SSSR count). The van der Waals surface area contributed by atoms with Crippen LogP contribution in [0.1, 0.15) is 5.56 Å². The Hall–Kier alpha value is -5.80. The third-order valence-electron chi connectivity index (χ3n) is 7.64. The van der Waals surface area contributed by atoms with Crippen LogP contribution in [-0.2, 0) is 0 Å². The van der Waals surface area contributed by atoms with Gasteiger partial charge in [-0.05, 0) is 42.0 Å². The van der Waals surface area contributed by atoms with E-state index in [1.54, 1.807) is 0 Å². The maximum atomic E-state index is 9.50. The highest BCUT2D eigenvalue weighted by atomic mass is 15.0. The molecule has 0 N–H and O–H groups in total. The van der Waals surface area contributed by atoms with E-state index in [2.05, 4.69) is 85.8 Å². The number of aromatic nitrogens is 5. The van der Waals surface area contributed by atoms with E-state index in [4.69, 9.17) is 4.98 Å². The first-order valence-corrected chi connectivity index (χ1v) is 13.0. The summed E-state index contributed by atoms with van der Waals surface area (Å²) in [5.41, 5.74) is 8.76. The minimum absolute atomic E-state index is 0.617. The van der Waals surface area contributed by atoms with E-state index in [1.807, 2.05) is 61.4 Å². The molecule has 0 saturated carbocycles. The van der Waals surface area contributed by atoms with Gasteiger partial charge in [0.15, 0.2) is 0 Å². The third-order valence-corrected chi connectivity index (χ3v) is 7.64. The molecule has 0 aliphatic rings. The smallest absolute Gasteiger partial charge is 0.0991 e. The number of hydrogen-bond acceptors (Lipinski definition) is 4. The normalized spacial score (nSPS) is 11.5. The van der Waals surface area contributed by atoms with E-state index in [-0.39, 0.29) is 0 Å². The SMILES string of the molecule is N#Cc1ccc(-c2c(-n3c4ccccc4c4cnccc43)cncc2-n2c3ccccc3c3cnccc32)cc1. The van der Waals surface area contributed by atoms with Crippen LogP contribution in [0, 0.1) is 11.3 Å². The van der Waals surface area contributed by atoms with Gasteiger partial charge in [0.2, 0.25) is 0 Å². The van der Waals surface area contributed by atoms with E-state index in [0.717, 1.165) is 66.1 Å². The molecule has 3 aromatic carbocycles. The summed E-state index contributed by atoms with van der Waals surface area (Å²) in [4.78, 5) is 13.7. The van der Waals surface area contributed by atoms with Gasteiger partial charge in [0.25, 0.3) is 0 Å². The van der Waals surface area contributed by atoms with E-state index in [9.17, 15) is 5.26 Å². The third kappa shape index (κ3) is 3.12. The molecule has 0 spiro atoms. The molecule has 0 fully saturated rings. The van der Waals surface area contributed by atoms with Gasteiger partial charge in [0.1, 0.15) is 0 Å². The Morgan fingerprint density at radius 3 is 1.52 bits per heavy atom. The lowest BCUT2D eigenvalue weighted by atomic mass is 10.0. The van der Waals surface area contributed by atoms with Crippen LogP contribution in [-0.4, -0.2) is 24.1 Å². The molecular weight excluding hydrogens is 492 g/mol. The van der Waals surface area contributed by atoms with Gasteiger partial charge in [-0.1, -0.05) is 48.5 Å². The average molecular weight is 513 g/mol. The maximum Gasteiger partial charge on any atom is 0.0991 e. The van der Waals surface area contributed by atoms with Gasteiger partial charge < -0.3 is 9.13 Å². The zero-order valence-electron chi connectivity index (χ0n) is 21.2. The summed E-state index contributed by atoms with van der Waals surface area (Å²) in [5.74, 6) is 0. The molecule has 6 nitrogen and oxygen atoms in total. The second-order valence-electron chi connectivity index (χ2n) is 9.73. The molecule has 8 aromatic rings. The molecule has 0 amide bonds. The number of pyridine rings is 3. The molecular formula is C34H20N6. The standard InChI is InChI=1S/C34H20N6/c35-17-22-9-11-23(12-10-22)34-32(39-28-7-3-1-5-24(28)26-18-36-15-13-30(26)39)20-38-21-33(34)40-29-8-4-2-6-25(29)27-19-37-16-14-31(27)40/h1-16,18-21H. The summed E-state index contributed by atoms with van der Waals surface area (Å²) in [7, 11) is 0. The fourth-order valence-corrected chi connectivity index (χ4v) is 5.94. The van der Waals surface area contributed by atoms with Gasteiger partial charge in [0, 0.05) is 51.9 Å². The van der Waals surface area contributed by atoms with Crippen LogP contribution in [0.25, 0.3) is 66.1 Å². The highest BCUT2D eigenvalue weighted by molar-refractivity contribution is 6.11. The first-order chi connectivity index (χ1) is 19.8. The fourth-order valence-electron chi connectivity index (χ4n) is 5.94. The van der Waals surface area contributed by atoms with Crippen molar-refractivity contribution in [1.82, 2.24) is 24.1 Å². The summed E-state index contributed by atoms with van der Waals surface area (Å²) in [6.45, 7) is 0. The second-order valence-corrected chi connectivity index (χ2v) is 9.73. The molecule has 0 bridgehead atoms. The lowest BCUT2D eigenvalue weighted by Gasteiger charge is -2.19. The van der Waals surface area contributed by atoms with Crippen molar-refractivity contribution in [1.29, 1.82) is 5.26 Å². The maximum absolute atomic E-state index is 9.50. The number of rotatable bonds is 3. The molecule has 0 saturated heterocycles. The second kappa shape index (κ2) is 8.62. The molecule has 0 aliphatic heterocycles. The van der Waals surface area contributed by atoms with Gasteiger partial charge in [0.05, 0.1) is 57.5 Å². The average Bonchev–Trinajstić information content (AvgIpc) is 3.54. The zero-order chi connectivity index (χ0) is 26.6. The molecule has 5 aromatic heterocycles. The molecule has 0 radical (unpaired) electrons. The monoisotopic (exact) mass is 512 g/mol. The molecule has 0 atom stereocenters. The van der Waals surface area contributed by atoms with Crippen molar-refractivity contribution in [2.24, 2.45) is 0 Å². The minimum atomic E-state index is 0.617. The van der Waals surface area contributed by atoms with Crippen molar-refractivity contribution in [3.63, 3.8) is 0 Å². The number of nitrogens with zero attached hydrogens (tertiary/aromatic N) is 6. The van der Waals surface area contributed by atoms with Gasteiger partial charge >= 0.3 is 0 Å². The predicted octanol–water partition coefficient (Wildman–Crippen LogP) is 7.60. The van der Waals surface area contributed by atoms with Crippen LogP contribution in [0.4, 0.5) is 0 Å². The zero-order valence-corrected chi connectivity index (χ0v) is 21.2. The number of benzene rings is 3. The first-order valence-electron chi connectivity index (χ1n) is 13.0. The summed E-state index contributed by atoms with van der Waals surface area (Å²) in [6.07, 6.45) is 11.4. The van der Waals surface area contributed by atoms with Crippen LogP contribution in [0.5, 0.6) is 0 Å². The van der Waals surface area contributed by atoms with Crippen molar-refractivity contribution in [3.05, 3.63) is 128 Å². The molecule has 0 unspecified atom stereocenters. The number of para-hydroxylation sites is 2. The topological polar surface area (TPSA) is 72.3 Å². The van der Waals surface area contributed by atoms with Gasteiger partial charge in [-0.25, -0.2) is 0 Å². The number of hydrogen-bond donors (Lipinski definition) is 0. The molecule has 186 valence electrons. The Bertz CT molecular complexity index is 2040. The van der Waals surface area contributed by atoms with Crippen LogP contribution >= 0.6 is 0 Å². The summed E-state index contributed by atoms with van der Waals surface area (Å²) in [5, 5.41) is 13.9. The van der Waals surface area contributed by atoms with Gasteiger partial charge in [-0.2, -0.15) is 5.26 Å². The lowest BCUT2D eigenvalue weighted by Crippen LogP contribution is -2.05. The molecule has 40 heavy (non-hydrogen) atoms. The van der Waals surface area contributed by atoms with Crippen LogP contribution in [0.15, 0.2) is 122 Å². The van der Waals surface area contributed by atoms with E-state index in [1.165, 1.54) is 0 Å². The summed E-state index contributed by atoms with van der Waals surface area (Å²) >= 11 is 0. The number of fused-ring (bicyclic) bond motifs is 6. The van der Waals surface area contributed by atoms with Crippen LogP contribution in [0.3, 0.4) is 0 Å². The van der Waals surface area contributed by atoms with Crippen LogP contribution < -0.4 is 0 Å². The largest absolute Gasteiger partial charge is 0.307 e. The lowest BCUT2D eigenvalue weighted by molar-refractivity contribution is 1.09. The Kier molecular flexibility index (Phi) is 4.78. The Morgan fingerprint density at radius 2 is 1.00 bits per heavy atom. The van der Waals surface area contributed by atoms with E-state index < -0.39 is 0 Å². The van der Waals surface area contributed by atoms with Crippen molar-refractivity contribution in [2.45, 2.75) is 0 Å². The highest BCUT2D eigenvalue weighted by Gasteiger charge is 2.22. The van der Waals surface area contributed by atoms with Crippen LogP contribution in [0.2, 0.25) is 0 Å². The molecule has 0 aliphatic carbocycles. The molecule has 5 heterocycles. The fraction of sp³-hybridized carbons (Fsp3) is 0. The Morgan fingerprint density at radius 1 is 0.500 bits per heavy atom. The predicted molar refractivity (Wildman–Crippen MR) is 159 cm³/mol. The first kappa shape index (κ1) is 22.2. The van der Waals surface area contributed by atoms with E-state index >= 15 is 0 Å². The Balaban J connectivity index is 1.55. The summed E-state index contributed by atoms with van der Waals surface area (Å²) in [6, 6.07) is 30.9. The molecule has 6 heteroatoms. The quantitative estimate of drug-likeness (QED) is 0.244. The number of nitriles is 1. The van der Waals surface area contributed by atoms with Gasteiger partial charge in [-0.3, -0.25) is 15.0 Å².